The summed E-state index contributed by atoms with van der Waals surface area (Å²) in [5.74, 6) is 1.48. The Bertz CT molecular complexity index is 928. The number of guanidine groups is 1. The van der Waals surface area contributed by atoms with Gasteiger partial charge in [-0.3, -0.25) is 0 Å². The Kier molecular flexibility index (Phi) is 8.32. The number of nitrogens with zero attached hydrogens (tertiary/aromatic N) is 4. The minimum Gasteiger partial charge on any atom is -0.489 e. The van der Waals surface area contributed by atoms with Gasteiger partial charge < -0.3 is 20.3 Å². The molecule has 2 N–H and O–H groups in total. The lowest BCUT2D eigenvalue weighted by molar-refractivity contribution is 0.306. The molecule has 1 fully saturated rings. The molecule has 1 saturated heterocycles. The first kappa shape index (κ1) is 22.4. The van der Waals surface area contributed by atoms with Gasteiger partial charge in [0.05, 0.1) is 6.54 Å². The molecule has 2 aromatic carbocycles. The largest absolute Gasteiger partial charge is 0.489 e. The van der Waals surface area contributed by atoms with Crippen molar-refractivity contribution in [1.29, 1.82) is 0 Å². The van der Waals surface area contributed by atoms with Crippen molar-refractivity contribution in [2.24, 2.45) is 10.7 Å². The molecule has 0 bridgehead atoms. The molecule has 3 aromatic rings. The molecule has 158 valence electrons. The van der Waals surface area contributed by atoms with Gasteiger partial charge in [-0.1, -0.05) is 42.5 Å². The fourth-order valence-electron chi connectivity index (χ4n) is 3.27. The number of anilines is 1. The van der Waals surface area contributed by atoms with Crippen molar-refractivity contribution >= 4 is 46.4 Å². The van der Waals surface area contributed by atoms with Crippen molar-refractivity contribution in [2.45, 2.75) is 13.2 Å². The zero-order chi connectivity index (χ0) is 19.9. The number of hydrogen-bond donors (Lipinski definition) is 1. The number of aliphatic imine (C=N–C) groups is 1. The third-order valence-electron chi connectivity index (χ3n) is 4.86. The fraction of sp³-hybridized carbons (Fsp3) is 0.273. The second-order valence-electron chi connectivity index (χ2n) is 6.88. The molecular weight excluding hydrogens is 509 g/mol. The summed E-state index contributed by atoms with van der Waals surface area (Å²) in [7, 11) is 0. The van der Waals surface area contributed by atoms with Crippen molar-refractivity contribution in [3.05, 3.63) is 77.3 Å². The molecule has 1 aliphatic heterocycles. The van der Waals surface area contributed by atoms with Gasteiger partial charge in [-0.2, -0.15) is 0 Å². The van der Waals surface area contributed by atoms with Crippen LogP contribution in [0.25, 0.3) is 0 Å². The summed E-state index contributed by atoms with van der Waals surface area (Å²) in [6.07, 6.45) is 1.85. The lowest BCUT2D eigenvalue weighted by atomic mass is 10.1. The predicted molar refractivity (Wildman–Crippen MR) is 134 cm³/mol. The minimum atomic E-state index is 0. The summed E-state index contributed by atoms with van der Waals surface area (Å²) in [5, 5.41) is 3.09. The van der Waals surface area contributed by atoms with Gasteiger partial charge in [-0.25, -0.2) is 9.98 Å². The van der Waals surface area contributed by atoms with Crippen molar-refractivity contribution in [2.75, 3.05) is 31.1 Å². The first-order chi connectivity index (χ1) is 14.3. The summed E-state index contributed by atoms with van der Waals surface area (Å²) in [5.41, 5.74) is 8.50. The van der Waals surface area contributed by atoms with E-state index in [1.165, 1.54) is 0 Å². The number of benzene rings is 2. The normalized spacial score (nSPS) is 14.3. The van der Waals surface area contributed by atoms with Crippen molar-refractivity contribution in [3.63, 3.8) is 0 Å². The van der Waals surface area contributed by atoms with Crippen LogP contribution < -0.4 is 15.4 Å². The van der Waals surface area contributed by atoms with Crippen LogP contribution in [0.5, 0.6) is 5.75 Å². The number of halogens is 1. The standard InChI is InChI=1S/C22H25N5OS.HI/c23-21(26-10-12-27(13-11-26)22-24-9-14-29-22)25-16-18-5-4-6-19(15-18)17-28-20-7-2-1-3-8-20;/h1-9,14-15H,10-13,16-17H2,(H2,23,25);1H. The maximum atomic E-state index is 6.25. The number of piperazine rings is 1. The Labute approximate surface area is 198 Å². The van der Waals surface area contributed by atoms with Gasteiger partial charge in [0.25, 0.3) is 0 Å². The summed E-state index contributed by atoms with van der Waals surface area (Å²) in [6.45, 7) is 4.65. The number of aromatic nitrogens is 1. The van der Waals surface area contributed by atoms with E-state index in [1.807, 2.05) is 48.0 Å². The number of thiazole rings is 1. The Balaban J connectivity index is 0.00000256. The van der Waals surface area contributed by atoms with E-state index < -0.39 is 0 Å². The van der Waals surface area contributed by atoms with Crippen molar-refractivity contribution in [1.82, 2.24) is 9.88 Å². The third kappa shape index (κ3) is 6.09. The summed E-state index contributed by atoms with van der Waals surface area (Å²) < 4.78 is 5.83. The average Bonchev–Trinajstić information content (AvgIpc) is 3.32. The molecule has 6 nitrogen and oxygen atoms in total. The quantitative estimate of drug-likeness (QED) is 0.294. The molecule has 0 radical (unpaired) electrons. The predicted octanol–water partition coefficient (Wildman–Crippen LogP) is 3.98. The van der Waals surface area contributed by atoms with Gasteiger partial charge in [0.1, 0.15) is 12.4 Å². The van der Waals surface area contributed by atoms with Crippen LogP contribution in [0.2, 0.25) is 0 Å². The second kappa shape index (κ2) is 11.2. The zero-order valence-corrected chi connectivity index (χ0v) is 19.8. The molecule has 0 atom stereocenters. The number of hydrogen-bond acceptors (Lipinski definition) is 5. The van der Waals surface area contributed by atoms with Gasteiger partial charge >= 0.3 is 0 Å². The number of rotatable bonds is 6. The van der Waals surface area contributed by atoms with Crippen LogP contribution in [0, 0.1) is 0 Å². The summed E-state index contributed by atoms with van der Waals surface area (Å²) in [6, 6.07) is 18.2. The highest BCUT2D eigenvalue weighted by Crippen LogP contribution is 2.19. The number of ether oxygens (including phenoxy) is 1. The lowest BCUT2D eigenvalue weighted by Gasteiger charge is -2.35. The summed E-state index contributed by atoms with van der Waals surface area (Å²) >= 11 is 1.67. The molecule has 0 saturated carbocycles. The molecular formula is C22H26IN5OS. The SMILES string of the molecule is I.NC(=NCc1cccc(COc2ccccc2)c1)N1CCN(c2nccs2)CC1. The molecule has 0 unspecified atom stereocenters. The van der Waals surface area contributed by atoms with Gasteiger partial charge in [0.2, 0.25) is 0 Å². The van der Waals surface area contributed by atoms with E-state index in [4.69, 9.17) is 10.5 Å². The highest BCUT2D eigenvalue weighted by molar-refractivity contribution is 14.0. The van der Waals surface area contributed by atoms with E-state index in [0.29, 0.717) is 19.1 Å². The molecule has 0 spiro atoms. The second-order valence-corrected chi connectivity index (χ2v) is 7.76. The van der Waals surface area contributed by atoms with Crippen LogP contribution >= 0.6 is 35.3 Å². The Morgan fingerprint density at radius 1 is 1.03 bits per heavy atom. The molecule has 8 heteroatoms. The van der Waals surface area contributed by atoms with Crippen molar-refractivity contribution in [3.8, 4) is 5.75 Å². The molecule has 1 aromatic heterocycles. The van der Waals surface area contributed by atoms with Gasteiger partial charge in [-0.05, 0) is 23.3 Å². The van der Waals surface area contributed by atoms with E-state index in [1.54, 1.807) is 11.3 Å². The van der Waals surface area contributed by atoms with E-state index >= 15 is 0 Å². The van der Waals surface area contributed by atoms with E-state index in [0.717, 1.165) is 48.2 Å². The molecule has 1 aliphatic rings. The van der Waals surface area contributed by atoms with Crippen LogP contribution in [0.15, 0.2) is 71.2 Å². The van der Waals surface area contributed by atoms with E-state index in [2.05, 4.69) is 38.0 Å². The highest BCUT2D eigenvalue weighted by atomic mass is 127. The first-order valence-electron chi connectivity index (χ1n) is 9.73. The summed E-state index contributed by atoms with van der Waals surface area (Å²) in [4.78, 5) is 13.4. The van der Waals surface area contributed by atoms with Crippen LogP contribution in [0.1, 0.15) is 11.1 Å². The van der Waals surface area contributed by atoms with Crippen LogP contribution in [0.4, 0.5) is 5.13 Å². The molecule has 30 heavy (non-hydrogen) atoms. The average molecular weight is 535 g/mol. The number of nitrogens with two attached hydrogens (primary N) is 1. The monoisotopic (exact) mass is 535 g/mol. The molecule has 2 heterocycles. The maximum absolute atomic E-state index is 6.25. The van der Waals surface area contributed by atoms with Crippen molar-refractivity contribution < 1.29 is 4.74 Å². The van der Waals surface area contributed by atoms with Crippen LogP contribution in [-0.2, 0) is 13.2 Å². The zero-order valence-electron chi connectivity index (χ0n) is 16.7. The third-order valence-corrected chi connectivity index (χ3v) is 5.69. The first-order valence-corrected chi connectivity index (χ1v) is 10.6. The van der Waals surface area contributed by atoms with Gasteiger partial charge in [0, 0.05) is 37.8 Å². The van der Waals surface area contributed by atoms with Crippen LogP contribution in [0.3, 0.4) is 0 Å². The van der Waals surface area contributed by atoms with E-state index in [9.17, 15) is 0 Å². The molecule has 4 rings (SSSR count). The maximum Gasteiger partial charge on any atom is 0.191 e. The minimum absolute atomic E-state index is 0. The topological polar surface area (TPSA) is 67.0 Å². The Morgan fingerprint density at radius 3 is 2.53 bits per heavy atom. The van der Waals surface area contributed by atoms with Crippen LogP contribution in [-0.4, -0.2) is 42.0 Å². The van der Waals surface area contributed by atoms with Gasteiger partial charge in [-0.15, -0.1) is 35.3 Å². The molecule has 0 aliphatic carbocycles. The smallest absolute Gasteiger partial charge is 0.191 e. The lowest BCUT2D eigenvalue weighted by Crippen LogP contribution is -2.51. The fourth-order valence-corrected chi connectivity index (χ4v) is 3.97. The van der Waals surface area contributed by atoms with E-state index in [-0.39, 0.29) is 24.0 Å². The Morgan fingerprint density at radius 2 is 1.80 bits per heavy atom. The highest BCUT2D eigenvalue weighted by Gasteiger charge is 2.19. The number of para-hydroxylation sites is 1. The Hall–Kier alpha value is -2.33. The molecule has 0 amide bonds. The van der Waals surface area contributed by atoms with Gasteiger partial charge in [0.15, 0.2) is 11.1 Å².